The van der Waals surface area contributed by atoms with E-state index in [1.165, 1.54) is 5.56 Å². The second kappa shape index (κ2) is 8.38. The molecule has 1 unspecified atom stereocenters. The molecule has 1 amide bonds. The zero-order chi connectivity index (χ0) is 21.1. The maximum Gasteiger partial charge on any atom is 0.254 e. The van der Waals surface area contributed by atoms with E-state index in [0.717, 1.165) is 40.4 Å². The first-order chi connectivity index (χ1) is 14.6. The molecule has 154 valence electrons. The van der Waals surface area contributed by atoms with Crippen LogP contribution < -0.4 is 21.2 Å². The first-order valence-electron chi connectivity index (χ1n) is 9.72. The predicted molar refractivity (Wildman–Crippen MR) is 118 cm³/mol. The first kappa shape index (κ1) is 19.7. The number of aliphatic imine (C=N–C) groups is 1. The molecule has 8 heteroatoms. The number of aromatic amines is 1. The Hall–Kier alpha value is -3.65. The van der Waals surface area contributed by atoms with E-state index in [1.54, 1.807) is 25.7 Å². The molecule has 3 heterocycles. The summed E-state index contributed by atoms with van der Waals surface area (Å²) >= 11 is 0. The Bertz CT molecular complexity index is 1080. The van der Waals surface area contributed by atoms with Crippen LogP contribution in [0.25, 0.3) is 17.2 Å². The smallest absolute Gasteiger partial charge is 0.254 e. The van der Waals surface area contributed by atoms with Crippen LogP contribution in [0, 0.1) is 12.8 Å². The van der Waals surface area contributed by atoms with Gasteiger partial charge in [0, 0.05) is 35.6 Å². The fourth-order valence-corrected chi connectivity index (χ4v) is 3.75. The van der Waals surface area contributed by atoms with Gasteiger partial charge in [-0.05, 0) is 49.2 Å². The molecular formula is C22H24N6O2. The van der Waals surface area contributed by atoms with Gasteiger partial charge in [-0.2, -0.15) is 5.10 Å². The van der Waals surface area contributed by atoms with Crippen LogP contribution in [-0.2, 0) is 11.2 Å². The van der Waals surface area contributed by atoms with E-state index < -0.39 is 5.92 Å². The van der Waals surface area contributed by atoms with Crippen molar-refractivity contribution >= 4 is 23.9 Å². The number of aromatic nitrogens is 1. The summed E-state index contributed by atoms with van der Waals surface area (Å²) in [6.07, 6.45) is 7.67. The molecule has 5 N–H and O–H groups in total. The van der Waals surface area contributed by atoms with Crippen LogP contribution in [0.3, 0.4) is 0 Å². The van der Waals surface area contributed by atoms with Crippen molar-refractivity contribution in [2.45, 2.75) is 13.3 Å². The van der Waals surface area contributed by atoms with E-state index >= 15 is 0 Å². The minimum atomic E-state index is -0.530. The summed E-state index contributed by atoms with van der Waals surface area (Å²) < 4.78 is 5.30. The van der Waals surface area contributed by atoms with Gasteiger partial charge in [0.2, 0.25) is 0 Å². The quantitative estimate of drug-likeness (QED) is 0.590. The van der Waals surface area contributed by atoms with Gasteiger partial charge in [-0.15, -0.1) is 0 Å². The summed E-state index contributed by atoms with van der Waals surface area (Å²) in [5, 5.41) is 7.08. The molecule has 0 bridgehead atoms. The maximum atomic E-state index is 12.1. The Kier molecular flexibility index (Phi) is 5.49. The Morgan fingerprint density at radius 1 is 1.27 bits per heavy atom. The van der Waals surface area contributed by atoms with Crippen molar-refractivity contribution in [1.29, 1.82) is 0 Å². The molecule has 0 saturated carbocycles. The Morgan fingerprint density at radius 2 is 2.07 bits per heavy atom. The van der Waals surface area contributed by atoms with Gasteiger partial charge in [0.25, 0.3) is 5.91 Å². The van der Waals surface area contributed by atoms with Crippen molar-refractivity contribution in [2.75, 3.05) is 13.7 Å². The third-order valence-electron chi connectivity index (χ3n) is 5.19. The second-order valence-corrected chi connectivity index (χ2v) is 7.05. The number of amides is 1. The van der Waals surface area contributed by atoms with Crippen molar-refractivity contribution in [3.8, 4) is 16.9 Å². The number of methoxy groups -OCH3 is 1. The molecule has 8 nitrogen and oxygen atoms in total. The maximum absolute atomic E-state index is 12.1. The number of carbonyl (C=O) groups excluding carboxylic acids is 1. The van der Waals surface area contributed by atoms with Gasteiger partial charge >= 0.3 is 0 Å². The number of hydrazone groups is 1. The zero-order valence-electron chi connectivity index (χ0n) is 16.9. The van der Waals surface area contributed by atoms with Crippen molar-refractivity contribution in [2.24, 2.45) is 21.7 Å². The molecule has 0 saturated heterocycles. The highest BCUT2D eigenvalue weighted by atomic mass is 16.5. The molecule has 0 fully saturated rings. The number of hydrogen-bond donors (Lipinski definition) is 4. The molecule has 1 atom stereocenters. The summed E-state index contributed by atoms with van der Waals surface area (Å²) in [4.78, 5) is 20.0. The van der Waals surface area contributed by atoms with Crippen molar-refractivity contribution < 1.29 is 9.53 Å². The van der Waals surface area contributed by atoms with Crippen LogP contribution in [0.4, 0.5) is 0 Å². The lowest BCUT2D eigenvalue weighted by atomic mass is 9.96. The molecular weight excluding hydrogens is 380 g/mol. The number of allylic oxidation sites excluding steroid dienone is 1. The molecule has 1 aromatic heterocycles. The molecule has 2 aromatic rings. The highest BCUT2D eigenvalue weighted by Crippen LogP contribution is 2.33. The minimum Gasteiger partial charge on any atom is -0.497 e. The molecule has 0 aliphatic carbocycles. The summed E-state index contributed by atoms with van der Waals surface area (Å²) in [5.74, 6) is 0.0719. The number of nitrogens with one attached hydrogen (secondary N) is 3. The van der Waals surface area contributed by atoms with Crippen molar-refractivity contribution in [3.05, 3.63) is 59.3 Å². The third kappa shape index (κ3) is 3.65. The number of benzene rings is 1. The minimum absolute atomic E-state index is 0.196. The van der Waals surface area contributed by atoms with Gasteiger partial charge < -0.3 is 20.8 Å². The van der Waals surface area contributed by atoms with Crippen LogP contribution in [0.5, 0.6) is 5.75 Å². The Morgan fingerprint density at radius 3 is 2.73 bits per heavy atom. The number of H-pyrrole nitrogens is 1. The molecule has 0 spiro atoms. The van der Waals surface area contributed by atoms with Crippen molar-refractivity contribution in [1.82, 2.24) is 15.7 Å². The number of ether oxygens (including phenoxy) is 1. The monoisotopic (exact) mass is 404 g/mol. The van der Waals surface area contributed by atoms with Crippen LogP contribution in [0.15, 0.2) is 52.5 Å². The third-order valence-corrected chi connectivity index (χ3v) is 5.19. The zero-order valence-corrected chi connectivity index (χ0v) is 16.9. The van der Waals surface area contributed by atoms with Gasteiger partial charge in [0.1, 0.15) is 11.7 Å². The first-order valence-corrected chi connectivity index (χ1v) is 9.72. The summed E-state index contributed by atoms with van der Waals surface area (Å²) in [6, 6.07) is 7.94. The molecule has 2 aliphatic heterocycles. The number of carbonyl (C=O) groups is 1. The number of hydrogen-bond acceptors (Lipinski definition) is 6. The van der Waals surface area contributed by atoms with Crippen molar-refractivity contribution in [3.63, 3.8) is 0 Å². The fraction of sp³-hybridized carbons (Fsp3) is 0.227. The van der Waals surface area contributed by atoms with Crippen LogP contribution in [0.2, 0.25) is 0 Å². The van der Waals surface area contributed by atoms with E-state index in [-0.39, 0.29) is 5.91 Å². The average molecular weight is 404 g/mol. The van der Waals surface area contributed by atoms with Gasteiger partial charge in [-0.1, -0.05) is 12.1 Å². The average Bonchev–Trinajstić information content (AvgIpc) is 3.32. The normalized spacial score (nSPS) is 19.0. The van der Waals surface area contributed by atoms with E-state index in [2.05, 4.69) is 25.8 Å². The van der Waals surface area contributed by atoms with Crippen LogP contribution >= 0.6 is 0 Å². The molecule has 2 aliphatic rings. The van der Waals surface area contributed by atoms with Gasteiger partial charge in [-0.3, -0.25) is 9.79 Å². The lowest BCUT2D eigenvalue weighted by Gasteiger charge is -2.16. The molecule has 0 radical (unpaired) electrons. The number of aryl methyl sites for hydroxylation is 1. The van der Waals surface area contributed by atoms with E-state index in [9.17, 15) is 4.79 Å². The molecule has 4 rings (SSSR count). The van der Waals surface area contributed by atoms with E-state index in [4.69, 9.17) is 10.5 Å². The van der Waals surface area contributed by atoms with E-state index in [1.807, 2.05) is 37.3 Å². The summed E-state index contributed by atoms with van der Waals surface area (Å²) in [5.41, 5.74) is 15.0. The lowest BCUT2D eigenvalue weighted by Crippen LogP contribution is -2.32. The topological polar surface area (TPSA) is 117 Å². The molecule has 30 heavy (non-hydrogen) atoms. The largest absolute Gasteiger partial charge is 0.497 e. The van der Waals surface area contributed by atoms with E-state index in [0.29, 0.717) is 12.3 Å². The fourth-order valence-electron chi connectivity index (χ4n) is 3.75. The highest BCUT2D eigenvalue weighted by molar-refractivity contribution is 6.24. The van der Waals surface area contributed by atoms with Gasteiger partial charge in [0.15, 0.2) is 0 Å². The number of rotatable bonds is 6. The summed E-state index contributed by atoms with van der Waals surface area (Å²) in [7, 11) is 1.65. The number of nitrogens with two attached hydrogens (primary N) is 1. The second-order valence-electron chi connectivity index (χ2n) is 7.05. The Labute approximate surface area is 174 Å². The standard InChI is InChI=1S/C22H24N6O2/c1-13-16(7-8-23)20(14-3-5-15(30-2)6-4-14)18(27-13)11-19-21(25-10-9-24-19)17-12-26-28-22(17)29/h3-6,9-12,17,24,27H,7-8,23H2,1-2H3,(H,28,29). The van der Waals surface area contributed by atoms with Gasteiger partial charge in [0.05, 0.1) is 18.5 Å². The Balaban J connectivity index is 1.81. The van der Waals surface area contributed by atoms with Gasteiger partial charge in [-0.25, -0.2) is 5.43 Å². The van der Waals surface area contributed by atoms with Crippen LogP contribution in [0.1, 0.15) is 17.0 Å². The highest BCUT2D eigenvalue weighted by Gasteiger charge is 2.30. The predicted octanol–water partition coefficient (Wildman–Crippen LogP) is 2.09. The number of nitrogens with zero attached hydrogens (tertiary/aromatic N) is 2. The SMILES string of the molecule is COc1ccc(-c2c(C=C3NC=CN=C3C3C=NNC3=O)[nH]c(C)c2CCN)cc1. The lowest BCUT2D eigenvalue weighted by molar-refractivity contribution is -0.120. The summed E-state index contributed by atoms with van der Waals surface area (Å²) in [6.45, 7) is 2.59. The molecule has 1 aromatic carbocycles. The van der Waals surface area contributed by atoms with Crippen LogP contribution in [-0.4, -0.2) is 36.5 Å².